The van der Waals surface area contributed by atoms with E-state index in [2.05, 4.69) is 4.72 Å². The SMILES string of the molecule is O=S(=O)(NC(c1ccccc1)c1ccccc1)c1c(F)cccc1F. The van der Waals surface area contributed by atoms with Crippen LogP contribution in [0.15, 0.2) is 83.8 Å². The van der Waals surface area contributed by atoms with Gasteiger partial charge in [0, 0.05) is 0 Å². The quantitative estimate of drug-likeness (QED) is 0.748. The molecule has 1 N–H and O–H groups in total. The monoisotopic (exact) mass is 359 g/mol. The first kappa shape index (κ1) is 17.3. The Morgan fingerprint density at radius 2 is 1.12 bits per heavy atom. The number of hydrogen-bond donors (Lipinski definition) is 1. The van der Waals surface area contributed by atoms with E-state index in [0.717, 1.165) is 18.2 Å². The van der Waals surface area contributed by atoms with Gasteiger partial charge in [-0.3, -0.25) is 0 Å². The largest absolute Gasteiger partial charge is 0.247 e. The van der Waals surface area contributed by atoms with Crippen molar-refractivity contribution in [3.63, 3.8) is 0 Å². The summed E-state index contributed by atoms with van der Waals surface area (Å²) in [4.78, 5) is -0.980. The molecule has 25 heavy (non-hydrogen) atoms. The molecule has 0 aliphatic rings. The summed E-state index contributed by atoms with van der Waals surface area (Å²) >= 11 is 0. The Labute approximate surface area is 145 Å². The van der Waals surface area contributed by atoms with Crippen molar-refractivity contribution in [1.82, 2.24) is 4.72 Å². The maximum atomic E-state index is 13.9. The van der Waals surface area contributed by atoms with Gasteiger partial charge in [0.2, 0.25) is 10.0 Å². The zero-order chi connectivity index (χ0) is 17.9. The summed E-state index contributed by atoms with van der Waals surface area (Å²) < 4.78 is 55.6. The molecule has 3 rings (SSSR count). The van der Waals surface area contributed by atoms with E-state index < -0.39 is 32.6 Å². The molecule has 0 aliphatic heterocycles. The average molecular weight is 359 g/mol. The molecule has 0 bridgehead atoms. The molecule has 0 amide bonds. The predicted molar refractivity (Wildman–Crippen MR) is 91.4 cm³/mol. The second kappa shape index (κ2) is 7.13. The van der Waals surface area contributed by atoms with Crippen molar-refractivity contribution in [1.29, 1.82) is 0 Å². The summed E-state index contributed by atoms with van der Waals surface area (Å²) in [6.45, 7) is 0. The molecule has 0 heterocycles. The highest BCUT2D eigenvalue weighted by Gasteiger charge is 2.28. The lowest BCUT2D eigenvalue weighted by atomic mass is 10.00. The van der Waals surface area contributed by atoms with Crippen LogP contribution in [0.5, 0.6) is 0 Å². The first-order chi connectivity index (χ1) is 12.0. The van der Waals surface area contributed by atoms with Gasteiger partial charge in [-0.2, -0.15) is 4.72 Å². The molecule has 0 radical (unpaired) electrons. The lowest BCUT2D eigenvalue weighted by molar-refractivity contribution is 0.511. The minimum Gasteiger partial charge on any atom is -0.207 e. The molecule has 0 aliphatic carbocycles. The lowest BCUT2D eigenvalue weighted by Gasteiger charge is -2.20. The van der Waals surface area contributed by atoms with Crippen molar-refractivity contribution in [2.75, 3.05) is 0 Å². The molecule has 0 saturated carbocycles. The van der Waals surface area contributed by atoms with Crippen molar-refractivity contribution in [2.24, 2.45) is 0 Å². The van der Waals surface area contributed by atoms with E-state index in [0.29, 0.717) is 11.1 Å². The predicted octanol–water partition coefficient (Wildman–Crippen LogP) is 4.03. The number of benzene rings is 3. The van der Waals surface area contributed by atoms with Crippen LogP contribution in [0.1, 0.15) is 17.2 Å². The number of rotatable bonds is 5. The van der Waals surface area contributed by atoms with Crippen LogP contribution in [0.3, 0.4) is 0 Å². The van der Waals surface area contributed by atoms with Crippen LogP contribution < -0.4 is 4.72 Å². The molecule has 128 valence electrons. The van der Waals surface area contributed by atoms with E-state index in [-0.39, 0.29) is 0 Å². The third-order valence-electron chi connectivity index (χ3n) is 3.73. The summed E-state index contributed by atoms with van der Waals surface area (Å²) in [6.07, 6.45) is 0. The van der Waals surface area contributed by atoms with Gasteiger partial charge in [-0.25, -0.2) is 17.2 Å². The molecule has 0 unspecified atom stereocenters. The molecule has 3 aromatic rings. The highest BCUT2D eigenvalue weighted by atomic mass is 32.2. The Balaban J connectivity index is 2.07. The Bertz CT molecular complexity index is 901. The summed E-state index contributed by atoms with van der Waals surface area (Å²) in [5.41, 5.74) is 1.32. The van der Waals surface area contributed by atoms with Gasteiger partial charge < -0.3 is 0 Å². The first-order valence-corrected chi connectivity index (χ1v) is 9.03. The second-order valence-electron chi connectivity index (χ2n) is 5.43. The normalized spacial score (nSPS) is 11.6. The maximum Gasteiger partial charge on any atom is 0.247 e. The maximum absolute atomic E-state index is 13.9. The van der Waals surface area contributed by atoms with Gasteiger partial charge in [0.05, 0.1) is 6.04 Å². The molecule has 0 spiro atoms. The van der Waals surface area contributed by atoms with Gasteiger partial charge in [-0.15, -0.1) is 0 Å². The number of halogens is 2. The molecule has 0 aromatic heterocycles. The van der Waals surface area contributed by atoms with E-state index in [1.165, 1.54) is 0 Å². The fourth-order valence-electron chi connectivity index (χ4n) is 2.57. The Morgan fingerprint density at radius 1 is 0.680 bits per heavy atom. The van der Waals surface area contributed by atoms with Gasteiger partial charge in [-0.05, 0) is 23.3 Å². The lowest BCUT2D eigenvalue weighted by Crippen LogP contribution is -2.30. The van der Waals surface area contributed by atoms with E-state index in [1.807, 2.05) is 0 Å². The van der Waals surface area contributed by atoms with E-state index in [9.17, 15) is 17.2 Å². The van der Waals surface area contributed by atoms with E-state index in [1.54, 1.807) is 60.7 Å². The van der Waals surface area contributed by atoms with Crippen LogP contribution in [-0.4, -0.2) is 8.42 Å². The number of sulfonamides is 1. The number of hydrogen-bond acceptors (Lipinski definition) is 2. The summed E-state index contributed by atoms with van der Waals surface area (Å²) in [6, 6.07) is 19.8. The Morgan fingerprint density at radius 3 is 1.56 bits per heavy atom. The van der Waals surface area contributed by atoms with Crippen LogP contribution >= 0.6 is 0 Å². The molecular formula is C19H15F2NO2S. The van der Waals surface area contributed by atoms with Crippen LogP contribution in [0.2, 0.25) is 0 Å². The van der Waals surface area contributed by atoms with Crippen molar-refractivity contribution in [3.05, 3.63) is 102 Å². The molecule has 6 heteroatoms. The average Bonchev–Trinajstić information content (AvgIpc) is 2.61. The zero-order valence-electron chi connectivity index (χ0n) is 13.1. The zero-order valence-corrected chi connectivity index (χ0v) is 13.9. The number of nitrogens with one attached hydrogen (secondary N) is 1. The highest BCUT2D eigenvalue weighted by Crippen LogP contribution is 2.26. The summed E-state index contributed by atoms with van der Waals surface area (Å²) in [5.74, 6) is -2.26. The molecule has 0 fully saturated rings. The summed E-state index contributed by atoms with van der Waals surface area (Å²) in [5, 5.41) is 0. The highest BCUT2D eigenvalue weighted by molar-refractivity contribution is 7.89. The Kier molecular flexibility index (Phi) is 4.92. The van der Waals surface area contributed by atoms with Crippen molar-refractivity contribution < 1.29 is 17.2 Å². The van der Waals surface area contributed by atoms with Gasteiger partial charge >= 0.3 is 0 Å². The first-order valence-electron chi connectivity index (χ1n) is 7.55. The van der Waals surface area contributed by atoms with Gasteiger partial charge in [-0.1, -0.05) is 66.7 Å². The fourth-order valence-corrected chi connectivity index (χ4v) is 3.92. The molecule has 3 nitrogen and oxygen atoms in total. The minimum absolute atomic E-state index is 0.661. The standard InChI is InChI=1S/C19H15F2NO2S/c20-16-12-7-13-17(21)19(16)25(23,24)22-18(14-8-3-1-4-9-14)15-10-5-2-6-11-15/h1-13,18,22H. The van der Waals surface area contributed by atoms with Crippen molar-refractivity contribution >= 4 is 10.0 Å². The molecule has 0 saturated heterocycles. The minimum atomic E-state index is -4.42. The summed E-state index contributed by atoms with van der Waals surface area (Å²) in [7, 11) is -4.42. The van der Waals surface area contributed by atoms with E-state index in [4.69, 9.17) is 0 Å². The smallest absolute Gasteiger partial charge is 0.207 e. The van der Waals surface area contributed by atoms with E-state index >= 15 is 0 Å². The topological polar surface area (TPSA) is 46.2 Å². The third-order valence-corrected chi connectivity index (χ3v) is 5.20. The molecule has 3 aromatic carbocycles. The van der Waals surface area contributed by atoms with Crippen LogP contribution in [0.4, 0.5) is 8.78 Å². The van der Waals surface area contributed by atoms with Crippen LogP contribution in [-0.2, 0) is 10.0 Å². The van der Waals surface area contributed by atoms with Gasteiger partial charge in [0.15, 0.2) is 4.90 Å². The third kappa shape index (κ3) is 3.75. The molecule has 0 atom stereocenters. The van der Waals surface area contributed by atoms with Crippen LogP contribution in [0.25, 0.3) is 0 Å². The fraction of sp³-hybridized carbons (Fsp3) is 0.0526. The second-order valence-corrected chi connectivity index (χ2v) is 7.08. The molecular weight excluding hydrogens is 344 g/mol. The van der Waals surface area contributed by atoms with Crippen molar-refractivity contribution in [3.8, 4) is 0 Å². The van der Waals surface area contributed by atoms with Crippen molar-refractivity contribution in [2.45, 2.75) is 10.9 Å². The Hall–Kier alpha value is -2.57. The van der Waals surface area contributed by atoms with Gasteiger partial charge in [0.1, 0.15) is 11.6 Å². The van der Waals surface area contributed by atoms with Gasteiger partial charge in [0.25, 0.3) is 0 Å². The van der Waals surface area contributed by atoms with Crippen LogP contribution in [0, 0.1) is 11.6 Å².